The second kappa shape index (κ2) is 7.68. The van der Waals surface area contributed by atoms with Crippen LogP contribution in [0.15, 0.2) is 42.5 Å². The van der Waals surface area contributed by atoms with Gasteiger partial charge in [-0.3, -0.25) is 9.59 Å². The summed E-state index contributed by atoms with van der Waals surface area (Å²) < 4.78 is 12.9. The number of carbonyl (C=O) groups is 2. The van der Waals surface area contributed by atoms with Gasteiger partial charge < -0.3 is 10.2 Å². The third kappa shape index (κ3) is 4.28. The van der Waals surface area contributed by atoms with E-state index in [0.717, 1.165) is 22.5 Å². The maximum Gasteiger partial charge on any atom is 0.228 e. The van der Waals surface area contributed by atoms with Crippen LogP contribution in [0.25, 0.3) is 0 Å². The fraction of sp³-hybridized carbons (Fsp3) is 0.333. The van der Waals surface area contributed by atoms with Crippen molar-refractivity contribution in [2.75, 3.05) is 16.8 Å². The highest BCUT2D eigenvalue weighted by Crippen LogP contribution is 2.31. The summed E-state index contributed by atoms with van der Waals surface area (Å²) in [5, 5.41) is 2.89. The summed E-state index contributed by atoms with van der Waals surface area (Å²) in [7, 11) is 0. The van der Waals surface area contributed by atoms with Gasteiger partial charge in [0.1, 0.15) is 5.82 Å². The van der Waals surface area contributed by atoms with E-state index in [4.69, 9.17) is 0 Å². The highest BCUT2D eigenvalue weighted by Gasteiger charge is 2.24. The summed E-state index contributed by atoms with van der Waals surface area (Å²) in [5.74, 6) is 0.0751. The number of anilines is 2. The highest BCUT2D eigenvalue weighted by molar-refractivity contribution is 5.98. The first-order chi connectivity index (χ1) is 12.4. The normalized spacial score (nSPS) is 13.7. The lowest BCUT2D eigenvalue weighted by molar-refractivity contribution is -0.119. The van der Waals surface area contributed by atoms with E-state index < -0.39 is 0 Å². The molecule has 2 aromatic carbocycles. The first kappa shape index (κ1) is 18.1. The van der Waals surface area contributed by atoms with Crippen molar-refractivity contribution in [2.45, 2.75) is 33.1 Å². The first-order valence-corrected chi connectivity index (χ1v) is 8.90. The Bertz CT molecular complexity index is 815. The lowest BCUT2D eigenvalue weighted by atomic mass is 9.99. The predicted octanol–water partition coefficient (Wildman–Crippen LogP) is 3.94. The van der Waals surface area contributed by atoms with E-state index in [1.165, 1.54) is 12.1 Å². The van der Waals surface area contributed by atoms with Crippen molar-refractivity contribution in [3.8, 4) is 0 Å². The Kier molecular flexibility index (Phi) is 5.35. The van der Waals surface area contributed by atoms with Gasteiger partial charge in [-0.1, -0.05) is 26.0 Å². The van der Waals surface area contributed by atoms with E-state index in [-0.39, 0.29) is 24.1 Å². The SMILES string of the molecule is CC(C)CN1C(=O)CCc2cc(NC(=O)Cc3ccc(F)cc3)ccc21. The van der Waals surface area contributed by atoms with Crippen molar-refractivity contribution in [3.63, 3.8) is 0 Å². The molecule has 0 aliphatic carbocycles. The molecular formula is C21H23FN2O2. The Balaban J connectivity index is 1.71. The van der Waals surface area contributed by atoms with Crippen molar-refractivity contribution < 1.29 is 14.0 Å². The van der Waals surface area contributed by atoms with Crippen molar-refractivity contribution in [3.05, 3.63) is 59.4 Å². The van der Waals surface area contributed by atoms with E-state index in [0.29, 0.717) is 25.3 Å². The van der Waals surface area contributed by atoms with Crippen LogP contribution in [0.1, 0.15) is 31.4 Å². The smallest absolute Gasteiger partial charge is 0.228 e. The van der Waals surface area contributed by atoms with Gasteiger partial charge in [-0.25, -0.2) is 4.39 Å². The molecule has 0 fully saturated rings. The number of benzene rings is 2. The van der Waals surface area contributed by atoms with E-state index in [9.17, 15) is 14.0 Å². The van der Waals surface area contributed by atoms with Crippen LogP contribution in [0.3, 0.4) is 0 Å². The Morgan fingerprint density at radius 1 is 1.15 bits per heavy atom. The zero-order chi connectivity index (χ0) is 18.7. The van der Waals surface area contributed by atoms with Crippen LogP contribution in [-0.2, 0) is 22.4 Å². The third-order valence-electron chi connectivity index (χ3n) is 4.39. The second-order valence-electron chi connectivity index (χ2n) is 7.09. The summed E-state index contributed by atoms with van der Waals surface area (Å²) in [5.41, 5.74) is 3.49. The van der Waals surface area contributed by atoms with Crippen molar-refractivity contribution in [2.24, 2.45) is 5.92 Å². The van der Waals surface area contributed by atoms with Crippen LogP contribution < -0.4 is 10.2 Å². The molecule has 0 atom stereocenters. The van der Waals surface area contributed by atoms with Gasteiger partial charge in [-0.05, 0) is 53.8 Å². The topological polar surface area (TPSA) is 49.4 Å². The predicted molar refractivity (Wildman–Crippen MR) is 101 cm³/mol. The average Bonchev–Trinajstić information content (AvgIpc) is 2.59. The monoisotopic (exact) mass is 354 g/mol. The zero-order valence-corrected chi connectivity index (χ0v) is 15.1. The molecular weight excluding hydrogens is 331 g/mol. The summed E-state index contributed by atoms with van der Waals surface area (Å²) in [4.78, 5) is 26.3. The number of hydrogen-bond donors (Lipinski definition) is 1. The van der Waals surface area contributed by atoms with E-state index >= 15 is 0 Å². The molecule has 3 rings (SSSR count). The molecule has 2 amide bonds. The molecule has 26 heavy (non-hydrogen) atoms. The summed E-state index contributed by atoms with van der Waals surface area (Å²) in [6, 6.07) is 11.6. The van der Waals surface area contributed by atoms with Gasteiger partial charge >= 0.3 is 0 Å². The Labute approximate surface area is 153 Å². The van der Waals surface area contributed by atoms with Gasteiger partial charge in [0, 0.05) is 24.3 Å². The molecule has 5 heteroatoms. The molecule has 4 nitrogen and oxygen atoms in total. The van der Waals surface area contributed by atoms with Crippen LogP contribution in [0, 0.1) is 11.7 Å². The Hall–Kier alpha value is -2.69. The van der Waals surface area contributed by atoms with Crippen LogP contribution in [0.5, 0.6) is 0 Å². The first-order valence-electron chi connectivity index (χ1n) is 8.90. The largest absolute Gasteiger partial charge is 0.326 e. The van der Waals surface area contributed by atoms with Crippen LogP contribution >= 0.6 is 0 Å². The molecule has 1 aliphatic heterocycles. The van der Waals surface area contributed by atoms with Gasteiger partial charge in [0.25, 0.3) is 0 Å². The number of halogens is 1. The van der Waals surface area contributed by atoms with E-state index in [1.54, 1.807) is 12.1 Å². The number of nitrogens with zero attached hydrogens (tertiary/aromatic N) is 1. The standard InChI is InChI=1S/C21H23FN2O2/c1-14(2)13-24-19-9-8-18(12-16(19)5-10-21(24)26)23-20(25)11-15-3-6-17(22)7-4-15/h3-4,6-9,12,14H,5,10-11,13H2,1-2H3,(H,23,25). The molecule has 2 aromatic rings. The molecule has 0 unspecified atom stereocenters. The third-order valence-corrected chi connectivity index (χ3v) is 4.39. The van der Waals surface area contributed by atoms with E-state index in [2.05, 4.69) is 19.2 Å². The van der Waals surface area contributed by atoms with Crippen LogP contribution in [-0.4, -0.2) is 18.4 Å². The molecule has 0 radical (unpaired) electrons. The molecule has 0 aromatic heterocycles. The van der Waals surface area contributed by atoms with Crippen molar-refractivity contribution in [1.29, 1.82) is 0 Å². The lowest BCUT2D eigenvalue weighted by Gasteiger charge is -2.31. The minimum Gasteiger partial charge on any atom is -0.326 e. The van der Waals surface area contributed by atoms with Gasteiger partial charge in [-0.2, -0.15) is 0 Å². The molecule has 1 heterocycles. The molecule has 0 spiro atoms. The van der Waals surface area contributed by atoms with Crippen LogP contribution in [0.4, 0.5) is 15.8 Å². The maximum absolute atomic E-state index is 12.9. The quantitative estimate of drug-likeness (QED) is 0.884. The molecule has 0 saturated carbocycles. The fourth-order valence-corrected chi connectivity index (χ4v) is 3.20. The number of nitrogens with one attached hydrogen (secondary N) is 1. The lowest BCUT2D eigenvalue weighted by Crippen LogP contribution is -2.37. The summed E-state index contributed by atoms with van der Waals surface area (Å²) in [6.45, 7) is 4.87. The van der Waals surface area contributed by atoms with Gasteiger partial charge in [0.15, 0.2) is 0 Å². The zero-order valence-electron chi connectivity index (χ0n) is 15.1. The van der Waals surface area contributed by atoms with Crippen molar-refractivity contribution in [1.82, 2.24) is 0 Å². The Morgan fingerprint density at radius 3 is 2.58 bits per heavy atom. The van der Waals surface area contributed by atoms with Gasteiger partial charge in [0.05, 0.1) is 6.42 Å². The van der Waals surface area contributed by atoms with Gasteiger partial charge in [0.2, 0.25) is 11.8 Å². The molecule has 0 bridgehead atoms. The number of rotatable bonds is 5. The number of carbonyl (C=O) groups excluding carboxylic acids is 2. The fourth-order valence-electron chi connectivity index (χ4n) is 3.20. The molecule has 1 N–H and O–H groups in total. The number of fused-ring (bicyclic) bond motifs is 1. The summed E-state index contributed by atoms with van der Waals surface area (Å²) in [6.07, 6.45) is 1.37. The Morgan fingerprint density at radius 2 is 1.88 bits per heavy atom. The molecule has 1 aliphatic rings. The number of aryl methyl sites for hydroxylation is 1. The minimum atomic E-state index is -0.315. The van der Waals surface area contributed by atoms with Crippen molar-refractivity contribution >= 4 is 23.2 Å². The maximum atomic E-state index is 12.9. The number of hydrogen-bond acceptors (Lipinski definition) is 2. The van der Waals surface area contributed by atoms with Gasteiger partial charge in [-0.15, -0.1) is 0 Å². The second-order valence-corrected chi connectivity index (χ2v) is 7.09. The van der Waals surface area contributed by atoms with E-state index in [1.807, 2.05) is 23.1 Å². The highest BCUT2D eigenvalue weighted by atomic mass is 19.1. The average molecular weight is 354 g/mol. The summed E-state index contributed by atoms with van der Waals surface area (Å²) >= 11 is 0. The van der Waals surface area contributed by atoms with Crippen LogP contribution in [0.2, 0.25) is 0 Å². The molecule has 136 valence electrons. The number of amides is 2. The molecule has 0 saturated heterocycles. The minimum absolute atomic E-state index is 0.150.